The summed E-state index contributed by atoms with van der Waals surface area (Å²) >= 11 is 0. The van der Waals surface area contributed by atoms with E-state index < -0.39 is 0 Å². The molecule has 3 heteroatoms. The summed E-state index contributed by atoms with van der Waals surface area (Å²) in [5, 5.41) is 20.2. The zero-order valence-electron chi connectivity index (χ0n) is 6.54. The van der Waals surface area contributed by atoms with E-state index in [1.54, 1.807) is 0 Å². The molecule has 0 amide bonds. The van der Waals surface area contributed by atoms with Crippen LogP contribution in [0.25, 0.3) is 0 Å². The van der Waals surface area contributed by atoms with Crippen molar-refractivity contribution in [2.24, 2.45) is 5.92 Å². The zero-order valence-corrected chi connectivity index (χ0v) is 6.54. The topological polar surface area (TPSA) is 59.6 Å². The Morgan fingerprint density at radius 3 is 2.00 bits per heavy atom. The van der Waals surface area contributed by atoms with Crippen LogP contribution in [-0.4, -0.2) is 12.1 Å². The summed E-state index contributed by atoms with van der Waals surface area (Å²) < 4.78 is 0. The number of nitriles is 2. The third-order valence-corrected chi connectivity index (χ3v) is 1.99. The van der Waals surface area contributed by atoms with E-state index in [9.17, 15) is 0 Å². The molecule has 0 aromatic rings. The fraction of sp³-hybridized carbons (Fsp3) is 0.750. The van der Waals surface area contributed by atoms with Crippen molar-refractivity contribution in [1.82, 2.24) is 5.32 Å². The van der Waals surface area contributed by atoms with E-state index in [-0.39, 0.29) is 12.1 Å². The van der Waals surface area contributed by atoms with Crippen molar-refractivity contribution in [3.05, 3.63) is 0 Å². The first-order valence-corrected chi connectivity index (χ1v) is 3.81. The van der Waals surface area contributed by atoms with Gasteiger partial charge >= 0.3 is 0 Å². The maximum atomic E-state index is 8.60. The highest BCUT2D eigenvalue weighted by atomic mass is 15.0. The second kappa shape index (κ2) is 3.37. The standard InChI is InChI=1S/C8H11N3/c1-6-2-7(4-9)11-8(3-6)5-10/h6-8,11H,2-3H2,1H3. The summed E-state index contributed by atoms with van der Waals surface area (Å²) in [5.74, 6) is 0.491. The molecular formula is C8H11N3. The molecule has 0 aliphatic carbocycles. The van der Waals surface area contributed by atoms with E-state index in [0.717, 1.165) is 12.8 Å². The molecule has 11 heavy (non-hydrogen) atoms. The molecular weight excluding hydrogens is 138 g/mol. The molecule has 1 saturated heterocycles. The second-order valence-corrected chi connectivity index (χ2v) is 3.11. The van der Waals surface area contributed by atoms with Crippen molar-refractivity contribution < 1.29 is 0 Å². The molecule has 1 aliphatic heterocycles. The second-order valence-electron chi connectivity index (χ2n) is 3.11. The summed E-state index contributed by atoms with van der Waals surface area (Å²) in [5.41, 5.74) is 0. The molecule has 1 rings (SSSR count). The third-order valence-electron chi connectivity index (χ3n) is 1.99. The molecule has 1 N–H and O–H groups in total. The minimum absolute atomic E-state index is 0.122. The van der Waals surface area contributed by atoms with E-state index in [4.69, 9.17) is 10.5 Å². The number of rotatable bonds is 0. The summed E-state index contributed by atoms with van der Waals surface area (Å²) in [4.78, 5) is 0. The normalized spacial score (nSPS) is 37.2. The smallest absolute Gasteiger partial charge is 0.0965 e. The first-order chi connectivity index (χ1) is 5.26. The number of nitrogens with zero attached hydrogens (tertiary/aromatic N) is 2. The van der Waals surface area contributed by atoms with E-state index in [1.807, 2.05) is 0 Å². The highest BCUT2D eigenvalue weighted by molar-refractivity contribution is 5.03. The van der Waals surface area contributed by atoms with E-state index >= 15 is 0 Å². The average molecular weight is 149 g/mol. The van der Waals surface area contributed by atoms with Crippen LogP contribution in [0.3, 0.4) is 0 Å². The first-order valence-electron chi connectivity index (χ1n) is 3.81. The number of piperidine rings is 1. The minimum Gasteiger partial charge on any atom is -0.287 e. The van der Waals surface area contributed by atoms with Gasteiger partial charge < -0.3 is 0 Å². The van der Waals surface area contributed by atoms with Gasteiger partial charge in [0.1, 0.15) is 0 Å². The summed E-state index contributed by atoms with van der Waals surface area (Å²) in [6, 6.07) is 4.03. The first kappa shape index (κ1) is 8.04. The lowest BCUT2D eigenvalue weighted by Gasteiger charge is -2.26. The third kappa shape index (κ3) is 1.93. The van der Waals surface area contributed by atoms with Gasteiger partial charge in [-0.15, -0.1) is 0 Å². The van der Waals surface area contributed by atoms with Crippen LogP contribution < -0.4 is 5.32 Å². The lowest BCUT2D eigenvalue weighted by molar-refractivity contribution is 0.323. The lowest BCUT2D eigenvalue weighted by atomic mass is 9.90. The highest BCUT2D eigenvalue weighted by Crippen LogP contribution is 2.18. The monoisotopic (exact) mass is 149 g/mol. The molecule has 1 heterocycles. The zero-order chi connectivity index (χ0) is 8.27. The van der Waals surface area contributed by atoms with Gasteiger partial charge in [0.05, 0.1) is 24.2 Å². The molecule has 0 aromatic carbocycles. The fourth-order valence-electron chi connectivity index (χ4n) is 1.46. The van der Waals surface area contributed by atoms with Crippen LogP contribution in [0.4, 0.5) is 0 Å². The van der Waals surface area contributed by atoms with Gasteiger partial charge in [0.2, 0.25) is 0 Å². The van der Waals surface area contributed by atoms with Crippen molar-refractivity contribution in [3.63, 3.8) is 0 Å². The Morgan fingerprint density at radius 1 is 1.18 bits per heavy atom. The molecule has 2 atom stereocenters. The Labute approximate surface area is 66.6 Å². The van der Waals surface area contributed by atoms with Crippen molar-refractivity contribution in [2.45, 2.75) is 31.8 Å². The van der Waals surface area contributed by atoms with Crippen LogP contribution in [0, 0.1) is 28.6 Å². The molecule has 0 bridgehead atoms. The van der Waals surface area contributed by atoms with Gasteiger partial charge in [0, 0.05) is 0 Å². The summed E-state index contributed by atoms with van der Waals surface area (Å²) in [6.45, 7) is 2.08. The maximum Gasteiger partial charge on any atom is 0.0965 e. The molecule has 0 aromatic heterocycles. The number of hydrogen-bond donors (Lipinski definition) is 1. The Balaban J connectivity index is 2.54. The van der Waals surface area contributed by atoms with Crippen LogP contribution in [-0.2, 0) is 0 Å². The minimum atomic E-state index is -0.122. The highest BCUT2D eigenvalue weighted by Gasteiger charge is 2.24. The molecule has 3 nitrogen and oxygen atoms in total. The van der Waals surface area contributed by atoms with Crippen molar-refractivity contribution in [3.8, 4) is 12.1 Å². The maximum absolute atomic E-state index is 8.60. The van der Waals surface area contributed by atoms with Gasteiger partial charge in [-0.25, -0.2) is 0 Å². The SMILES string of the molecule is CC1CC(C#N)NC(C#N)C1. The van der Waals surface area contributed by atoms with E-state index in [2.05, 4.69) is 24.4 Å². The molecule has 2 unspecified atom stereocenters. The number of nitrogens with one attached hydrogen (secondary N) is 1. The molecule has 0 radical (unpaired) electrons. The molecule has 0 spiro atoms. The van der Waals surface area contributed by atoms with Crippen molar-refractivity contribution >= 4 is 0 Å². The average Bonchev–Trinajstić information content (AvgIpc) is 2.03. The van der Waals surface area contributed by atoms with E-state index in [0.29, 0.717) is 5.92 Å². The van der Waals surface area contributed by atoms with Crippen LogP contribution in [0.2, 0.25) is 0 Å². The Morgan fingerprint density at radius 2 is 1.64 bits per heavy atom. The Kier molecular flexibility index (Phi) is 2.46. The molecule has 1 aliphatic rings. The lowest BCUT2D eigenvalue weighted by Crippen LogP contribution is -2.43. The fourth-order valence-corrected chi connectivity index (χ4v) is 1.46. The van der Waals surface area contributed by atoms with Crippen LogP contribution in [0.1, 0.15) is 19.8 Å². The predicted octanol–water partition coefficient (Wildman–Crippen LogP) is 0.790. The summed E-state index contributed by atoms with van der Waals surface area (Å²) in [6.07, 6.45) is 1.74. The van der Waals surface area contributed by atoms with Gasteiger partial charge in [0.25, 0.3) is 0 Å². The van der Waals surface area contributed by atoms with Crippen LogP contribution in [0.15, 0.2) is 0 Å². The van der Waals surface area contributed by atoms with Gasteiger partial charge in [-0.2, -0.15) is 10.5 Å². The number of hydrogen-bond acceptors (Lipinski definition) is 3. The van der Waals surface area contributed by atoms with E-state index in [1.165, 1.54) is 0 Å². The molecule has 0 saturated carbocycles. The Bertz CT molecular complexity index is 188. The molecule has 58 valence electrons. The Hall–Kier alpha value is -1.06. The van der Waals surface area contributed by atoms with Crippen LogP contribution in [0.5, 0.6) is 0 Å². The summed E-state index contributed by atoms with van der Waals surface area (Å²) in [7, 11) is 0. The van der Waals surface area contributed by atoms with Crippen LogP contribution >= 0.6 is 0 Å². The predicted molar refractivity (Wildman–Crippen MR) is 40.3 cm³/mol. The molecule has 1 fully saturated rings. The van der Waals surface area contributed by atoms with Crippen molar-refractivity contribution in [2.75, 3.05) is 0 Å². The van der Waals surface area contributed by atoms with Gasteiger partial charge in [-0.1, -0.05) is 6.92 Å². The van der Waals surface area contributed by atoms with Gasteiger partial charge in [0.15, 0.2) is 0 Å². The largest absolute Gasteiger partial charge is 0.287 e. The van der Waals surface area contributed by atoms with Gasteiger partial charge in [-0.3, -0.25) is 5.32 Å². The quantitative estimate of drug-likeness (QED) is 0.554. The van der Waals surface area contributed by atoms with Crippen molar-refractivity contribution in [1.29, 1.82) is 10.5 Å². The van der Waals surface area contributed by atoms with Gasteiger partial charge in [-0.05, 0) is 18.8 Å².